The van der Waals surface area contributed by atoms with Gasteiger partial charge in [-0.15, -0.1) is 0 Å². The second kappa shape index (κ2) is 8.92. The first-order valence-electron chi connectivity index (χ1n) is 8.19. The molecule has 0 unspecified atom stereocenters. The number of amides is 1. The summed E-state index contributed by atoms with van der Waals surface area (Å²) in [5.74, 6) is -2.02. The van der Waals surface area contributed by atoms with E-state index in [9.17, 15) is 13.6 Å². The first-order chi connectivity index (χ1) is 11.9. The molecule has 0 aliphatic carbocycles. The van der Waals surface area contributed by atoms with Crippen molar-refractivity contribution in [1.29, 1.82) is 0 Å². The van der Waals surface area contributed by atoms with Crippen LogP contribution >= 0.6 is 11.8 Å². The Morgan fingerprint density at radius 2 is 1.76 bits per heavy atom. The van der Waals surface area contributed by atoms with Crippen LogP contribution in [0.2, 0.25) is 0 Å². The maximum absolute atomic E-state index is 13.3. The zero-order chi connectivity index (χ0) is 18.4. The van der Waals surface area contributed by atoms with Crippen LogP contribution in [-0.4, -0.2) is 22.9 Å². The molecule has 1 amide bonds. The number of hydrogen-bond donors (Lipinski definition) is 1. The van der Waals surface area contributed by atoms with Gasteiger partial charge in [0, 0.05) is 18.3 Å². The maximum atomic E-state index is 13.3. The SMILES string of the molecule is CCC[C@H](N)C(=O)N(Cl)CCc1ccc(-c2ccc(F)c(F)c2)cc1. The Kier molecular flexibility index (Phi) is 6.91. The van der Waals surface area contributed by atoms with Crippen LogP contribution in [0.5, 0.6) is 0 Å². The molecule has 0 bridgehead atoms. The molecule has 0 fully saturated rings. The van der Waals surface area contributed by atoms with Gasteiger partial charge in [-0.2, -0.15) is 0 Å². The van der Waals surface area contributed by atoms with Crippen molar-refractivity contribution in [1.82, 2.24) is 4.42 Å². The summed E-state index contributed by atoms with van der Waals surface area (Å²) < 4.78 is 27.4. The minimum atomic E-state index is -0.874. The molecule has 1 atom stereocenters. The molecule has 2 N–H and O–H groups in total. The van der Waals surface area contributed by atoms with Crippen molar-refractivity contribution < 1.29 is 13.6 Å². The molecule has 25 heavy (non-hydrogen) atoms. The summed E-state index contributed by atoms with van der Waals surface area (Å²) in [5.41, 5.74) is 8.14. The average Bonchev–Trinajstić information content (AvgIpc) is 2.62. The van der Waals surface area contributed by atoms with Gasteiger partial charge in [0.1, 0.15) is 0 Å². The number of benzene rings is 2. The lowest BCUT2D eigenvalue weighted by Crippen LogP contribution is -2.39. The normalized spacial score (nSPS) is 12.0. The first kappa shape index (κ1) is 19.3. The van der Waals surface area contributed by atoms with Crippen molar-refractivity contribution in [2.24, 2.45) is 5.73 Å². The first-order valence-corrected chi connectivity index (χ1v) is 8.53. The van der Waals surface area contributed by atoms with E-state index >= 15 is 0 Å². The van der Waals surface area contributed by atoms with E-state index in [2.05, 4.69) is 0 Å². The van der Waals surface area contributed by atoms with Crippen molar-refractivity contribution in [3.63, 3.8) is 0 Å². The Hall–Kier alpha value is -1.98. The highest BCUT2D eigenvalue weighted by Gasteiger charge is 2.18. The molecule has 2 rings (SSSR count). The molecule has 0 aromatic heterocycles. The second-order valence-electron chi connectivity index (χ2n) is 5.89. The molecule has 0 spiro atoms. The van der Waals surface area contributed by atoms with Gasteiger partial charge >= 0.3 is 0 Å². The molecule has 0 saturated carbocycles. The third-order valence-corrected chi connectivity index (χ3v) is 4.30. The van der Waals surface area contributed by atoms with Crippen molar-refractivity contribution in [2.75, 3.05) is 6.54 Å². The van der Waals surface area contributed by atoms with Gasteiger partial charge in [-0.3, -0.25) is 9.21 Å². The van der Waals surface area contributed by atoms with Gasteiger partial charge in [-0.25, -0.2) is 8.78 Å². The van der Waals surface area contributed by atoms with Gasteiger partial charge in [-0.05, 0) is 41.7 Å². The summed E-state index contributed by atoms with van der Waals surface area (Å²) in [6.07, 6.45) is 2.00. The van der Waals surface area contributed by atoms with Crippen LogP contribution in [0.15, 0.2) is 42.5 Å². The Morgan fingerprint density at radius 3 is 2.36 bits per heavy atom. The lowest BCUT2D eigenvalue weighted by atomic mass is 10.0. The standard InChI is InChI=1S/C19H21ClF2N2O/c1-2-3-18(23)19(25)24(20)11-10-13-4-6-14(7-5-13)15-8-9-16(21)17(22)12-15/h4-9,12,18H,2-3,10-11,23H2,1H3/t18-/m0/s1. The molecule has 0 heterocycles. The van der Waals surface area contributed by atoms with Gasteiger partial charge in [0.05, 0.1) is 6.04 Å². The zero-order valence-corrected chi connectivity index (χ0v) is 14.8. The van der Waals surface area contributed by atoms with Crippen molar-refractivity contribution in [3.05, 3.63) is 59.7 Å². The van der Waals surface area contributed by atoms with Gasteiger partial charge in [0.25, 0.3) is 5.91 Å². The Balaban J connectivity index is 1.96. The van der Waals surface area contributed by atoms with Crippen LogP contribution in [0.3, 0.4) is 0 Å². The quantitative estimate of drug-likeness (QED) is 0.743. The topological polar surface area (TPSA) is 46.3 Å². The van der Waals surface area contributed by atoms with Crippen LogP contribution < -0.4 is 5.73 Å². The van der Waals surface area contributed by atoms with Crippen molar-refractivity contribution in [2.45, 2.75) is 32.2 Å². The number of halogens is 3. The molecule has 2 aromatic rings. The van der Waals surface area contributed by atoms with Crippen LogP contribution in [0.4, 0.5) is 8.78 Å². The summed E-state index contributed by atoms with van der Waals surface area (Å²) >= 11 is 6.00. The zero-order valence-electron chi connectivity index (χ0n) is 14.0. The summed E-state index contributed by atoms with van der Waals surface area (Å²) in [7, 11) is 0. The molecule has 2 aromatic carbocycles. The smallest absolute Gasteiger partial charge is 0.253 e. The molecule has 6 heteroatoms. The monoisotopic (exact) mass is 366 g/mol. The lowest BCUT2D eigenvalue weighted by Gasteiger charge is -2.18. The van der Waals surface area contributed by atoms with Crippen molar-refractivity contribution in [3.8, 4) is 11.1 Å². The molecular formula is C19H21ClF2N2O. The molecule has 3 nitrogen and oxygen atoms in total. The van der Waals surface area contributed by atoms with Crippen LogP contribution in [0, 0.1) is 11.6 Å². The number of nitrogens with two attached hydrogens (primary N) is 1. The molecular weight excluding hydrogens is 346 g/mol. The molecule has 0 aliphatic rings. The van der Waals surface area contributed by atoms with Crippen LogP contribution in [0.25, 0.3) is 11.1 Å². The molecule has 0 radical (unpaired) electrons. The molecule has 0 aliphatic heterocycles. The van der Waals surface area contributed by atoms with Gasteiger partial charge in [-0.1, -0.05) is 43.7 Å². The van der Waals surface area contributed by atoms with E-state index in [0.29, 0.717) is 24.9 Å². The Labute approximate surface area is 151 Å². The second-order valence-corrected chi connectivity index (χ2v) is 6.30. The number of carbonyl (C=O) groups excluding carboxylic acids is 1. The predicted octanol–water partition coefficient (Wildman–Crippen LogP) is 4.28. The number of hydrogen-bond acceptors (Lipinski definition) is 2. The maximum Gasteiger partial charge on any atom is 0.253 e. The fraction of sp³-hybridized carbons (Fsp3) is 0.316. The number of carbonyl (C=O) groups is 1. The lowest BCUT2D eigenvalue weighted by molar-refractivity contribution is -0.128. The van der Waals surface area contributed by atoms with Crippen LogP contribution in [-0.2, 0) is 11.2 Å². The summed E-state index contributed by atoms with van der Waals surface area (Å²) in [5, 5.41) is 0. The summed E-state index contributed by atoms with van der Waals surface area (Å²) in [6, 6.07) is 10.6. The van der Waals surface area contributed by atoms with E-state index in [1.165, 1.54) is 12.1 Å². The van der Waals surface area contributed by atoms with Gasteiger partial charge < -0.3 is 5.73 Å². The number of rotatable bonds is 7. The van der Waals surface area contributed by atoms with Gasteiger partial charge in [0.15, 0.2) is 11.6 Å². The fourth-order valence-corrected chi connectivity index (χ4v) is 2.70. The van der Waals surface area contributed by atoms with Crippen LogP contribution in [0.1, 0.15) is 25.3 Å². The Bertz CT molecular complexity index is 722. The highest BCUT2D eigenvalue weighted by Crippen LogP contribution is 2.22. The minimum Gasteiger partial charge on any atom is -0.320 e. The molecule has 134 valence electrons. The van der Waals surface area contributed by atoms with E-state index in [1.54, 1.807) is 0 Å². The molecule has 0 saturated heterocycles. The van der Waals surface area contributed by atoms with E-state index in [1.807, 2.05) is 31.2 Å². The largest absolute Gasteiger partial charge is 0.320 e. The Morgan fingerprint density at radius 1 is 1.12 bits per heavy atom. The van der Waals surface area contributed by atoms with E-state index in [4.69, 9.17) is 17.5 Å². The van der Waals surface area contributed by atoms with Crippen molar-refractivity contribution >= 4 is 17.7 Å². The average molecular weight is 367 g/mol. The third-order valence-electron chi connectivity index (χ3n) is 3.96. The highest BCUT2D eigenvalue weighted by atomic mass is 35.5. The van der Waals surface area contributed by atoms with E-state index in [0.717, 1.165) is 28.0 Å². The van der Waals surface area contributed by atoms with Gasteiger partial charge in [0.2, 0.25) is 0 Å². The third kappa shape index (κ3) is 5.25. The highest BCUT2D eigenvalue weighted by molar-refractivity contribution is 6.21. The summed E-state index contributed by atoms with van der Waals surface area (Å²) in [4.78, 5) is 12.0. The van der Waals surface area contributed by atoms with E-state index in [-0.39, 0.29) is 5.91 Å². The number of nitrogens with zero attached hydrogens (tertiary/aromatic N) is 1. The predicted molar refractivity (Wildman–Crippen MR) is 95.9 cm³/mol. The van der Waals surface area contributed by atoms with E-state index < -0.39 is 17.7 Å². The minimum absolute atomic E-state index is 0.276. The fourth-order valence-electron chi connectivity index (χ4n) is 2.49. The summed E-state index contributed by atoms with van der Waals surface area (Å²) in [6.45, 7) is 2.31.